The Bertz CT molecular complexity index is 750. The van der Waals surface area contributed by atoms with E-state index in [1.165, 1.54) is 110 Å². The van der Waals surface area contributed by atoms with Gasteiger partial charge < -0.3 is 15.0 Å². The van der Waals surface area contributed by atoms with E-state index in [0.717, 1.165) is 42.1 Å². The lowest BCUT2D eigenvalue weighted by Gasteiger charge is -2.61. The monoisotopic (exact) mass is 500 g/mol. The standard InChI is InChI=1S/C32H56N2O2/c1-23(8-13-30(35)36-4)27-11-12-28-26-10-9-24-22-25(33-18-21-34-19-6-5-7-20-34)14-16-31(24,2)29(26)15-17-32(27,28)3/h23-29,33H,5-22H2,1-4H3/t23?,24-,25?,26?,27?,28?,29?,31?,32?/m0/s1. The molecule has 0 amide bonds. The van der Waals surface area contributed by atoms with E-state index in [-0.39, 0.29) is 5.97 Å². The summed E-state index contributed by atoms with van der Waals surface area (Å²) in [6.07, 6.45) is 18.7. The number of fused-ring (bicyclic) bond motifs is 5. The number of hydrogen-bond acceptors (Lipinski definition) is 4. The Balaban J connectivity index is 1.16. The van der Waals surface area contributed by atoms with Gasteiger partial charge in [0.2, 0.25) is 0 Å². The van der Waals surface area contributed by atoms with E-state index in [4.69, 9.17) is 4.74 Å². The van der Waals surface area contributed by atoms with Gasteiger partial charge in [0.1, 0.15) is 0 Å². The third-order valence-electron chi connectivity index (χ3n) is 12.8. The molecule has 4 heteroatoms. The normalized spacial score (nSPS) is 43.8. The van der Waals surface area contributed by atoms with Crippen molar-refractivity contribution in [1.82, 2.24) is 10.2 Å². The number of nitrogens with zero attached hydrogens (tertiary/aromatic N) is 1. The minimum Gasteiger partial charge on any atom is -0.469 e. The molecule has 0 aromatic heterocycles. The Morgan fingerprint density at radius 2 is 1.72 bits per heavy atom. The van der Waals surface area contributed by atoms with Crippen LogP contribution in [0.2, 0.25) is 0 Å². The number of methoxy groups -OCH3 is 1. The highest BCUT2D eigenvalue weighted by atomic mass is 16.5. The Kier molecular flexibility index (Phi) is 8.43. The molecule has 0 aromatic carbocycles. The van der Waals surface area contributed by atoms with Gasteiger partial charge in [0.05, 0.1) is 7.11 Å². The smallest absolute Gasteiger partial charge is 0.305 e. The fraction of sp³-hybridized carbons (Fsp3) is 0.969. The summed E-state index contributed by atoms with van der Waals surface area (Å²) in [5, 5.41) is 4.00. The maximum atomic E-state index is 11.8. The van der Waals surface area contributed by atoms with Gasteiger partial charge in [-0.25, -0.2) is 0 Å². The second-order valence-corrected chi connectivity index (χ2v) is 14.3. The molecule has 4 nitrogen and oxygen atoms in total. The van der Waals surface area contributed by atoms with Crippen molar-refractivity contribution in [2.75, 3.05) is 33.3 Å². The van der Waals surface area contributed by atoms with Gasteiger partial charge in [0, 0.05) is 25.6 Å². The summed E-state index contributed by atoms with van der Waals surface area (Å²) >= 11 is 0. The minimum absolute atomic E-state index is 0.0342. The van der Waals surface area contributed by atoms with Gasteiger partial charge >= 0.3 is 5.97 Å². The average Bonchev–Trinajstić information content (AvgIpc) is 3.25. The van der Waals surface area contributed by atoms with E-state index < -0.39 is 0 Å². The van der Waals surface area contributed by atoms with Gasteiger partial charge in [0.25, 0.3) is 0 Å². The molecule has 0 spiro atoms. The Morgan fingerprint density at radius 3 is 2.50 bits per heavy atom. The van der Waals surface area contributed by atoms with Crippen LogP contribution in [0.25, 0.3) is 0 Å². The number of esters is 1. The third-order valence-corrected chi connectivity index (χ3v) is 12.8. The molecule has 4 aliphatic carbocycles. The largest absolute Gasteiger partial charge is 0.469 e. The van der Waals surface area contributed by atoms with Crippen LogP contribution in [0.1, 0.15) is 111 Å². The predicted octanol–water partition coefficient (Wildman–Crippen LogP) is 6.68. The van der Waals surface area contributed by atoms with Crippen molar-refractivity contribution in [3.05, 3.63) is 0 Å². The van der Waals surface area contributed by atoms with Crippen molar-refractivity contribution in [3.63, 3.8) is 0 Å². The summed E-state index contributed by atoms with van der Waals surface area (Å²) in [6.45, 7) is 12.9. The van der Waals surface area contributed by atoms with Crippen molar-refractivity contribution in [2.45, 2.75) is 117 Å². The molecule has 0 aromatic rings. The molecule has 0 radical (unpaired) electrons. The zero-order valence-electron chi connectivity index (χ0n) is 24.0. The zero-order valence-corrected chi connectivity index (χ0v) is 24.0. The van der Waals surface area contributed by atoms with Crippen LogP contribution in [0.3, 0.4) is 0 Å². The summed E-state index contributed by atoms with van der Waals surface area (Å²) in [4.78, 5) is 14.5. The van der Waals surface area contributed by atoms with Crippen LogP contribution < -0.4 is 5.32 Å². The summed E-state index contributed by atoms with van der Waals surface area (Å²) in [7, 11) is 1.53. The second kappa shape index (κ2) is 11.2. The van der Waals surface area contributed by atoms with E-state index in [9.17, 15) is 4.79 Å². The van der Waals surface area contributed by atoms with Crippen molar-refractivity contribution in [3.8, 4) is 0 Å². The van der Waals surface area contributed by atoms with Gasteiger partial charge in [-0.05, 0) is 136 Å². The third kappa shape index (κ3) is 5.16. The first-order valence-corrected chi connectivity index (χ1v) is 15.9. The van der Waals surface area contributed by atoms with E-state index in [1.807, 2.05) is 0 Å². The Morgan fingerprint density at radius 1 is 0.972 bits per heavy atom. The number of ether oxygens (including phenoxy) is 1. The molecule has 36 heavy (non-hydrogen) atoms. The molecule has 9 atom stereocenters. The first-order valence-electron chi connectivity index (χ1n) is 15.9. The van der Waals surface area contributed by atoms with Crippen molar-refractivity contribution in [1.29, 1.82) is 0 Å². The van der Waals surface area contributed by atoms with Crippen LogP contribution in [0.5, 0.6) is 0 Å². The lowest BCUT2D eigenvalue weighted by atomic mass is 9.44. The van der Waals surface area contributed by atoms with Gasteiger partial charge in [-0.1, -0.05) is 27.2 Å². The van der Waals surface area contributed by atoms with Crippen molar-refractivity contribution in [2.24, 2.45) is 46.3 Å². The van der Waals surface area contributed by atoms with Gasteiger partial charge in [0.15, 0.2) is 0 Å². The highest BCUT2D eigenvalue weighted by Gasteiger charge is 2.60. The SMILES string of the molecule is COC(=O)CCC(C)C1CCC2C3CC[C@H]4CC(NCCN5CCCCC5)CCC4(C)C3CCC12C. The molecular weight excluding hydrogens is 444 g/mol. The number of carbonyl (C=O) groups excluding carboxylic acids is 1. The van der Waals surface area contributed by atoms with E-state index in [1.54, 1.807) is 0 Å². The number of hydrogen-bond donors (Lipinski definition) is 1. The van der Waals surface area contributed by atoms with E-state index in [2.05, 4.69) is 31.0 Å². The molecule has 1 N–H and O–H groups in total. The maximum absolute atomic E-state index is 11.8. The first-order chi connectivity index (χ1) is 17.3. The zero-order chi connectivity index (χ0) is 25.3. The van der Waals surface area contributed by atoms with Crippen LogP contribution in [0.15, 0.2) is 0 Å². The lowest BCUT2D eigenvalue weighted by Crippen LogP contribution is -2.55. The van der Waals surface area contributed by atoms with Gasteiger partial charge in [-0.2, -0.15) is 0 Å². The summed E-state index contributed by atoms with van der Waals surface area (Å²) in [6, 6.07) is 0.754. The van der Waals surface area contributed by atoms with Crippen LogP contribution in [-0.4, -0.2) is 50.2 Å². The summed E-state index contributed by atoms with van der Waals surface area (Å²) in [5.41, 5.74) is 1.07. The lowest BCUT2D eigenvalue weighted by molar-refractivity contribution is -0.141. The predicted molar refractivity (Wildman–Crippen MR) is 148 cm³/mol. The van der Waals surface area contributed by atoms with E-state index in [0.29, 0.717) is 23.2 Å². The van der Waals surface area contributed by atoms with Crippen LogP contribution in [0.4, 0.5) is 0 Å². The van der Waals surface area contributed by atoms with Crippen LogP contribution in [-0.2, 0) is 9.53 Å². The number of carbonyl (C=O) groups is 1. The quantitative estimate of drug-likeness (QED) is 0.378. The average molecular weight is 501 g/mol. The van der Waals surface area contributed by atoms with Crippen LogP contribution in [0, 0.1) is 46.3 Å². The molecule has 5 rings (SSSR count). The molecule has 1 aliphatic heterocycles. The molecule has 5 fully saturated rings. The number of nitrogens with one attached hydrogen (secondary N) is 1. The molecule has 0 bridgehead atoms. The summed E-state index contributed by atoms with van der Waals surface area (Å²) < 4.78 is 4.94. The number of rotatable bonds is 8. The molecular formula is C32H56N2O2. The van der Waals surface area contributed by atoms with Gasteiger partial charge in [-0.15, -0.1) is 0 Å². The minimum atomic E-state index is -0.0342. The number of piperidine rings is 1. The second-order valence-electron chi connectivity index (χ2n) is 14.3. The fourth-order valence-corrected chi connectivity index (χ4v) is 10.7. The van der Waals surface area contributed by atoms with Gasteiger partial charge in [-0.3, -0.25) is 4.79 Å². The molecule has 5 aliphatic rings. The molecule has 8 unspecified atom stereocenters. The Labute approximate surface area is 222 Å². The topological polar surface area (TPSA) is 41.6 Å². The van der Waals surface area contributed by atoms with Crippen LogP contribution >= 0.6 is 0 Å². The molecule has 4 saturated carbocycles. The van der Waals surface area contributed by atoms with Crippen molar-refractivity contribution >= 4 is 5.97 Å². The fourth-order valence-electron chi connectivity index (χ4n) is 10.7. The molecule has 1 saturated heterocycles. The maximum Gasteiger partial charge on any atom is 0.305 e. The first kappa shape index (κ1) is 27.0. The van der Waals surface area contributed by atoms with Crippen molar-refractivity contribution < 1.29 is 9.53 Å². The number of likely N-dealkylation sites (tertiary alicyclic amines) is 1. The molecule has 206 valence electrons. The highest BCUT2D eigenvalue weighted by Crippen LogP contribution is 2.68. The molecule has 1 heterocycles. The highest BCUT2D eigenvalue weighted by molar-refractivity contribution is 5.69. The Hall–Kier alpha value is -0.610. The summed E-state index contributed by atoms with van der Waals surface area (Å²) in [5.74, 6) is 5.14. The van der Waals surface area contributed by atoms with E-state index >= 15 is 0 Å².